The van der Waals surface area contributed by atoms with E-state index in [9.17, 15) is 14.9 Å². The maximum atomic E-state index is 11.1. The molecule has 0 fully saturated rings. The van der Waals surface area contributed by atoms with Crippen molar-refractivity contribution in [3.63, 3.8) is 0 Å². The minimum Gasteiger partial charge on any atom is -0.481 e. The Hall–Kier alpha value is -2.22. The fourth-order valence-corrected chi connectivity index (χ4v) is 2.77. The number of carbonyl (C=O) groups is 1. The number of nitrogens with zero attached hydrogens (tertiary/aromatic N) is 2. The van der Waals surface area contributed by atoms with E-state index in [0.29, 0.717) is 11.2 Å². The van der Waals surface area contributed by atoms with Crippen LogP contribution in [0.5, 0.6) is 0 Å². The maximum Gasteiger partial charge on any atom is 0.305 e. The molecule has 0 bridgehead atoms. The number of carboxylic acid groups (broad SMARTS) is 1. The van der Waals surface area contributed by atoms with Crippen molar-refractivity contribution in [2.24, 2.45) is 0 Å². The normalized spacial score (nSPS) is 12.3. The number of nitro groups is 1. The number of rotatable bonds is 5. The number of thiazole rings is 1. The van der Waals surface area contributed by atoms with Crippen LogP contribution in [0.15, 0.2) is 12.1 Å². The number of aromatic nitrogens is 1. The average molecular weight is 295 g/mol. The second-order valence-electron chi connectivity index (χ2n) is 4.47. The molecule has 106 valence electrons. The summed E-state index contributed by atoms with van der Waals surface area (Å²) in [7, 11) is 0. The van der Waals surface area contributed by atoms with Crippen LogP contribution >= 0.6 is 11.3 Å². The molecule has 0 spiro atoms. The zero-order chi connectivity index (χ0) is 14.9. The summed E-state index contributed by atoms with van der Waals surface area (Å²) in [5.74, 6) is -0.960. The number of aliphatic carboxylic acids is 1. The van der Waals surface area contributed by atoms with Crippen molar-refractivity contribution < 1.29 is 14.8 Å². The molecule has 1 atom stereocenters. The Balaban J connectivity index is 2.41. The number of carboxylic acids is 1. The summed E-state index contributed by atoms with van der Waals surface area (Å²) in [6, 6.07) is 2.65. The first-order chi connectivity index (χ1) is 9.36. The first kappa shape index (κ1) is 14.2. The molecule has 1 unspecified atom stereocenters. The van der Waals surface area contributed by atoms with Gasteiger partial charge < -0.3 is 10.4 Å². The molecule has 0 amide bonds. The summed E-state index contributed by atoms with van der Waals surface area (Å²) in [5, 5.41) is 23.5. The van der Waals surface area contributed by atoms with Gasteiger partial charge in [0.25, 0.3) is 5.69 Å². The van der Waals surface area contributed by atoms with E-state index in [1.54, 1.807) is 13.0 Å². The molecule has 20 heavy (non-hydrogen) atoms. The quantitative estimate of drug-likeness (QED) is 0.649. The molecule has 1 aromatic heterocycles. The second kappa shape index (κ2) is 5.41. The van der Waals surface area contributed by atoms with Crippen molar-refractivity contribution in [1.82, 2.24) is 4.98 Å². The van der Waals surface area contributed by atoms with Crippen molar-refractivity contribution in [3.8, 4) is 0 Å². The summed E-state index contributed by atoms with van der Waals surface area (Å²) >= 11 is 1.38. The molecule has 0 saturated heterocycles. The summed E-state index contributed by atoms with van der Waals surface area (Å²) < 4.78 is 0.741. The van der Waals surface area contributed by atoms with E-state index in [1.165, 1.54) is 17.4 Å². The standard InChI is InChI=1S/C12H13N3O4S/c1-6(3-12(16)17)13-8-4-9-11(20-7(2)14-9)5-10(8)15(18)19/h4-6,13H,3H2,1-2H3,(H,16,17). The Labute approximate surface area is 118 Å². The van der Waals surface area contributed by atoms with Gasteiger partial charge in [0.1, 0.15) is 5.69 Å². The van der Waals surface area contributed by atoms with Gasteiger partial charge in [0, 0.05) is 12.1 Å². The number of hydrogen-bond donors (Lipinski definition) is 2. The lowest BCUT2D eigenvalue weighted by Crippen LogP contribution is -2.19. The van der Waals surface area contributed by atoms with Gasteiger partial charge in [-0.1, -0.05) is 0 Å². The van der Waals surface area contributed by atoms with Crippen LogP contribution in [0.1, 0.15) is 18.4 Å². The minimum absolute atomic E-state index is 0.0709. The van der Waals surface area contributed by atoms with Crippen molar-refractivity contribution >= 4 is 38.9 Å². The third-order valence-corrected chi connectivity index (χ3v) is 3.63. The molecular formula is C12H13N3O4S. The first-order valence-corrected chi connectivity index (χ1v) is 6.72. The first-order valence-electron chi connectivity index (χ1n) is 5.90. The van der Waals surface area contributed by atoms with E-state index in [0.717, 1.165) is 9.71 Å². The Morgan fingerprint density at radius 3 is 2.90 bits per heavy atom. The van der Waals surface area contributed by atoms with Crippen molar-refractivity contribution in [1.29, 1.82) is 0 Å². The number of hydrogen-bond acceptors (Lipinski definition) is 6. The van der Waals surface area contributed by atoms with Crippen LogP contribution in [0.4, 0.5) is 11.4 Å². The summed E-state index contributed by atoms with van der Waals surface area (Å²) in [6.45, 7) is 3.49. The van der Waals surface area contributed by atoms with Gasteiger partial charge in [-0.05, 0) is 19.9 Å². The molecule has 7 nitrogen and oxygen atoms in total. The Bertz CT molecular complexity index is 683. The SMILES string of the molecule is Cc1nc2cc(NC(C)CC(=O)O)c([N+](=O)[O-])cc2s1. The lowest BCUT2D eigenvalue weighted by atomic mass is 10.2. The van der Waals surface area contributed by atoms with Crippen molar-refractivity contribution in [2.75, 3.05) is 5.32 Å². The number of anilines is 1. The number of benzene rings is 1. The van der Waals surface area contributed by atoms with E-state index < -0.39 is 16.9 Å². The molecule has 2 aromatic rings. The average Bonchev–Trinajstić information content (AvgIpc) is 2.65. The predicted octanol–water partition coefficient (Wildman–Crippen LogP) is 2.79. The molecule has 1 heterocycles. The number of fused-ring (bicyclic) bond motifs is 1. The lowest BCUT2D eigenvalue weighted by Gasteiger charge is -2.13. The van der Waals surface area contributed by atoms with E-state index in [4.69, 9.17) is 5.11 Å². The number of nitro benzene ring substituents is 1. The molecule has 2 rings (SSSR count). The van der Waals surface area contributed by atoms with Gasteiger partial charge in [-0.2, -0.15) is 0 Å². The van der Waals surface area contributed by atoms with Crippen LogP contribution in [-0.4, -0.2) is 27.0 Å². The van der Waals surface area contributed by atoms with Crippen molar-refractivity contribution in [3.05, 3.63) is 27.3 Å². The van der Waals surface area contributed by atoms with E-state index in [2.05, 4.69) is 10.3 Å². The highest BCUT2D eigenvalue weighted by Crippen LogP contribution is 2.33. The number of aryl methyl sites for hydroxylation is 1. The van der Waals surface area contributed by atoms with Gasteiger partial charge in [-0.25, -0.2) is 4.98 Å². The molecule has 8 heteroatoms. The second-order valence-corrected chi connectivity index (χ2v) is 5.71. The Morgan fingerprint density at radius 2 is 2.30 bits per heavy atom. The summed E-state index contributed by atoms with van der Waals surface area (Å²) in [4.78, 5) is 25.6. The van der Waals surface area contributed by atoms with E-state index in [-0.39, 0.29) is 12.1 Å². The maximum absolute atomic E-state index is 11.1. The lowest BCUT2D eigenvalue weighted by molar-refractivity contribution is -0.383. The minimum atomic E-state index is -0.960. The van der Waals surface area contributed by atoms with E-state index >= 15 is 0 Å². The van der Waals surface area contributed by atoms with Crippen LogP contribution in [0, 0.1) is 17.0 Å². The molecule has 0 aliphatic heterocycles. The van der Waals surface area contributed by atoms with Crippen LogP contribution in [0.2, 0.25) is 0 Å². The van der Waals surface area contributed by atoms with Crippen LogP contribution < -0.4 is 5.32 Å². The Kier molecular flexibility index (Phi) is 3.84. The van der Waals surface area contributed by atoms with Gasteiger partial charge in [0.05, 0.1) is 26.6 Å². The van der Waals surface area contributed by atoms with E-state index in [1.807, 2.05) is 6.92 Å². The number of nitrogens with one attached hydrogen (secondary N) is 1. The molecule has 0 aliphatic rings. The zero-order valence-corrected chi connectivity index (χ0v) is 11.7. The third-order valence-electron chi connectivity index (χ3n) is 2.69. The fourth-order valence-electron chi connectivity index (χ4n) is 1.92. The van der Waals surface area contributed by atoms with Crippen molar-refractivity contribution in [2.45, 2.75) is 26.3 Å². The van der Waals surface area contributed by atoms with Crippen LogP contribution in [-0.2, 0) is 4.79 Å². The fraction of sp³-hybridized carbons (Fsp3) is 0.333. The van der Waals surface area contributed by atoms with Crippen LogP contribution in [0.25, 0.3) is 10.2 Å². The van der Waals surface area contributed by atoms with Gasteiger partial charge in [0.15, 0.2) is 0 Å². The summed E-state index contributed by atoms with van der Waals surface area (Å²) in [5.41, 5.74) is 0.892. The highest BCUT2D eigenvalue weighted by Gasteiger charge is 2.19. The van der Waals surface area contributed by atoms with Gasteiger partial charge in [0.2, 0.25) is 0 Å². The molecular weight excluding hydrogens is 282 g/mol. The molecule has 0 saturated carbocycles. The highest BCUT2D eigenvalue weighted by atomic mass is 32.1. The zero-order valence-electron chi connectivity index (χ0n) is 10.9. The Morgan fingerprint density at radius 1 is 1.60 bits per heavy atom. The smallest absolute Gasteiger partial charge is 0.305 e. The molecule has 1 aromatic carbocycles. The topological polar surface area (TPSA) is 105 Å². The third kappa shape index (κ3) is 3.02. The van der Waals surface area contributed by atoms with Crippen LogP contribution in [0.3, 0.4) is 0 Å². The highest BCUT2D eigenvalue weighted by molar-refractivity contribution is 7.18. The predicted molar refractivity (Wildman–Crippen MR) is 76.3 cm³/mol. The van der Waals surface area contributed by atoms with Gasteiger partial charge in [-0.15, -0.1) is 11.3 Å². The molecule has 0 aliphatic carbocycles. The summed E-state index contributed by atoms with van der Waals surface area (Å²) in [6.07, 6.45) is -0.120. The largest absolute Gasteiger partial charge is 0.481 e. The monoisotopic (exact) mass is 295 g/mol. The molecule has 0 radical (unpaired) electrons. The van der Waals surface area contributed by atoms with Gasteiger partial charge >= 0.3 is 5.97 Å². The molecule has 2 N–H and O–H groups in total. The van der Waals surface area contributed by atoms with Gasteiger partial charge in [-0.3, -0.25) is 14.9 Å².